The summed E-state index contributed by atoms with van der Waals surface area (Å²) < 4.78 is 32.4. The van der Waals surface area contributed by atoms with Crippen molar-refractivity contribution in [3.05, 3.63) is 317 Å². The van der Waals surface area contributed by atoms with Crippen molar-refractivity contribution in [2.75, 3.05) is 19.5 Å². The van der Waals surface area contributed by atoms with Gasteiger partial charge in [0, 0.05) is 71.7 Å². The molecule has 144 heavy (non-hydrogen) atoms. The van der Waals surface area contributed by atoms with Crippen LogP contribution in [0.5, 0.6) is 132 Å². The molecule has 37 heteroatoms. The molecule has 14 aromatic rings. The number of phenolic OH excluding ortho intramolecular Hbond substituents is 19. The summed E-state index contributed by atoms with van der Waals surface area (Å²) in [5, 5.41) is 216. The number of allylic oxidation sites excluding steroid dienone is 5. The summed E-state index contributed by atoms with van der Waals surface area (Å²) in [4.78, 5) is 60.1. The van der Waals surface area contributed by atoms with Gasteiger partial charge in [0.25, 0.3) is 0 Å². The lowest BCUT2D eigenvalue weighted by atomic mass is 9.72. The second kappa shape index (κ2) is 44.8. The number of methoxy groups -OCH3 is 2. The minimum Gasteiger partial charge on any atom is -0.508 e. The van der Waals surface area contributed by atoms with E-state index >= 15 is 0 Å². The highest BCUT2D eigenvalue weighted by Gasteiger charge is 2.42. The standard InChI is InChI=1S/C25H24N2O6.C16H12O7.C16H12O6.C15H14O3.C14H12O4.C11H15NO3.C10H13NO4/c1-12-22-23(14-4-6-17(28)18(29)9-14)24-16(26-25(22)33-27-12)8-15(10-19(24)30)13-5-7-20(31-2)21(11-13)32-3;1-6-2-7(3-10(19)13(6)20)16-15(22)14(21)12-9(18)4-8(17)5-11(12)23-16;1-7-2-3-9(10(18)4-7)16-15(21)14(20)13-11(19)5-8(17)6-12(13)22-16;1-10-6-12(8-13(16)7-10)3-2-11-4-5-14(17)15(18)9-11;1-9-6-11(15)8-12(18-9)4-2-10-3-5-13(16)14(17)7-10;1-7(13)11(2,12)6-8-3-4-9(14)10(15)5-8;1-5(12)7(11)2-6-3-9(14)10(15)4-8(6)13/h4-7,9,11,15,23,26,28-29H,8,10H2,1-3H3;2-5,17-20,22H,1H3;2-6,17-19,21H,1H3;2-9,16-18H,1H3;2-8,15-17H,1H2;3-5,14-15H,6,12H2,1-2H3;3-4,7,13-15H,2,11H2,1H3/b;;;3-2+;4-2+;;. The van der Waals surface area contributed by atoms with Gasteiger partial charge in [0.1, 0.15) is 91.0 Å². The highest BCUT2D eigenvalue weighted by atomic mass is 16.5. The fourth-order valence-corrected chi connectivity index (χ4v) is 15.1. The summed E-state index contributed by atoms with van der Waals surface area (Å²) in [6, 6.07) is 41.9. The van der Waals surface area contributed by atoms with Crippen molar-refractivity contribution >= 4 is 63.4 Å². The lowest BCUT2D eigenvalue weighted by Gasteiger charge is -2.34. The van der Waals surface area contributed by atoms with Gasteiger partial charge in [0.15, 0.2) is 97.8 Å². The van der Waals surface area contributed by atoms with E-state index in [9.17, 15) is 121 Å². The summed E-state index contributed by atoms with van der Waals surface area (Å²) >= 11 is 0. The van der Waals surface area contributed by atoms with Crippen molar-refractivity contribution in [3.8, 4) is 155 Å². The minimum atomic E-state index is -0.941. The van der Waals surface area contributed by atoms with Crippen LogP contribution in [-0.4, -0.2) is 161 Å². The number of Topliss-reactive ketones (excluding diaryl/α,β-unsaturated/α-hetero) is 3. The molecule has 27 N–H and O–H groups in total. The van der Waals surface area contributed by atoms with Gasteiger partial charge in [-0.05, 0) is 238 Å². The van der Waals surface area contributed by atoms with Crippen LogP contribution in [0.1, 0.15) is 112 Å². The molecule has 0 saturated carbocycles. The number of fused-ring (bicyclic) bond motifs is 3. The Hall–Kier alpha value is -18.8. The number of hydrogen-bond donors (Lipinski definition) is 25. The minimum absolute atomic E-state index is 0.00681. The summed E-state index contributed by atoms with van der Waals surface area (Å²) in [6.45, 7) is 15.0. The smallest absolute Gasteiger partial charge is 0.238 e. The summed E-state index contributed by atoms with van der Waals surface area (Å²) in [6.07, 6.45) is 11.2. The number of nitrogens with two attached hydrogens (primary N) is 2. The average Bonchev–Trinajstić information content (AvgIpc) is 1.60. The van der Waals surface area contributed by atoms with Gasteiger partial charge in [-0.1, -0.05) is 72.4 Å². The molecule has 0 fully saturated rings. The highest BCUT2D eigenvalue weighted by Crippen LogP contribution is 2.52. The first-order valence-corrected chi connectivity index (χ1v) is 43.4. The molecular weight excluding hydrogens is 1870 g/mol. The van der Waals surface area contributed by atoms with Crippen LogP contribution in [0.3, 0.4) is 0 Å². The Morgan fingerprint density at radius 3 is 1.58 bits per heavy atom. The lowest BCUT2D eigenvalue weighted by molar-refractivity contribution is -0.121. The van der Waals surface area contributed by atoms with Gasteiger partial charge in [-0.25, -0.2) is 0 Å². The van der Waals surface area contributed by atoms with E-state index in [2.05, 4.69) is 17.1 Å². The van der Waals surface area contributed by atoms with Crippen LogP contribution < -0.4 is 37.1 Å². The van der Waals surface area contributed by atoms with Gasteiger partial charge in [-0.15, -0.1) is 0 Å². The number of aliphatic hydroxyl groups excluding tert-OH is 1. The van der Waals surface area contributed by atoms with Gasteiger partial charge >= 0.3 is 0 Å². The number of anilines is 1. The Morgan fingerprint density at radius 2 is 1.03 bits per heavy atom. The van der Waals surface area contributed by atoms with Crippen molar-refractivity contribution in [1.29, 1.82) is 0 Å². The highest BCUT2D eigenvalue weighted by molar-refractivity contribution is 6.02. The number of hydrogen-bond acceptors (Lipinski definition) is 37. The molecule has 0 spiro atoms. The van der Waals surface area contributed by atoms with Crippen LogP contribution in [0.25, 0.3) is 62.8 Å². The largest absolute Gasteiger partial charge is 0.508 e. The first kappa shape index (κ1) is 106. The van der Waals surface area contributed by atoms with E-state index in [4.69, 9.17) is 54.4 Å². The number of aromatic nitrogens is 1. The van der Waals surface area contributed by atoms with E-state index in [-0.39, 0.29) is 166 Å². The predicted molar refractivity (Wildman–Crippen MR) is 530 cm³/mol. The van der Waals surface area contributed by atoms with Gasteiger partial charge < -0.3 is 157 Å². The summed E-state index contributed by atoms with van der Waals surface area (Å²) in [5.74, 6) is -5.00. The van der Waals surface area contributed by atoms with E-state index in [0.717, 1.165) is 75.5 Å². The molecule has 3 aromatic heterocycles. The molecule has 0 radical (unpaired) electrons. The number of ketones is 3. The Morgan fingerprint density at radius 1 is 0.500 bits per heavy atom. The van der Waals surface area contributed by atoms with Crippen LogP contribution >= 0.6 is 0 Å². The summed E-state index contributed by atoms with van der Waals surface area (Å²) in [7, 11) is 3.17. The molecule has 3 aliphatic rings. The van der Waals surface area contributed by atoms with Crippen molar-refractivity contribution in [2.45, 2.75) is 97.6 Å². The Kier molecular flexibility index (Phi) is 32.9. The number of benzene rings is 11. The zero-order valence-electron chi connectivity index (χ0n) is 78.4. The van der Waals surface area contributed by atoms with Gasteiger partial charge in [0.2, 0.25) is 28.2 Å². The van der Waals surface area contributed by atoms with E-state index in [0.29, 0.717) is 87.2 Å². The van der Waals surface area contributed by atoms with Crippen molar-refractivity contribution < 1.29 is 154 Å². The molecule has 37 nitrogen and oxygen atoms in total. The maximum Gasteiger partial charge on any atom is 0.238 e. The third kappa shape index (κ3) is 25.4. The van der Waals surface area contributed by atoms with E-state index < -0.39 is 62.9 Å². The van der Waals surface area contributed by atoms with Gasteiger partial charge in [-0.3, -0.25) is 24.0 Å². The molecule has 4 unspecified atom stereocenters. The number of ether oxygens (including phenoxy) is 3. The zero-order valence-corrected chi connectivity index (χ0v) is 78.4. The number of nitrogens with one attached hydrogen (secondary N) is 1. The zero-order chi connectivity index (χ0) is 106. The molecule has 0 saturated heterocycles. The fourth-order valence-electron chi connectivity index (χ4n) is 15.1. The second-order valence-corrected chi connectivity index (χ2v) is 33.7. The first-order valence-electron chi connectivity index (χ1n) is 43.4. The summed E-state index contributed by atoms with van der Waals surface area (Å²) in [5.41, 5.74) is 18.6. The Labute approximate surface area is 818 Å². The number of carbonyl (C=O) groups is 3. The van der Waals surface area contributed by atoms with Crippen LogP contribution in [0, 0.1) is 27.7 Å². The molecular formula is C107H102N4O33. The van der Waals surface area contributed by atoms with E-state index in [1.807, 2.05) is 44.2 Å². The number of nitrogens with zero attached hydrogens (tertiary/aromatic N) is 1. The third-order valence-electron chi connectivity index (χ3n) is 22.7. The van der Waals surface area contributed by atoms with Crippen molar-refractivity contribution in [3.63, 3.8) is 0 Å². The van der Waals surface area contributed by atoms with Gasteiger partial charge in [0.05, 0.1) is 42.6 Å². The first-order chi connectivity index (χ1) is 67.9. The van der Waals surface area contributed by atoms with Crippen LogP contribution in [0.15, 0.2) is 252 Å². The topological polar surface area (TPSA) is 674 Å². The maximum absolute atomic E-state index is 13.6. The van der Waals surface area contributed by atoms with Crippen molar-refractivity contribution in [1.82, 2.24) is 5.16 Å². The number of rotatable bonds is 16. The lowest BCUT2D eigenvalue weighted by Crippen LogP contribution is -2.45. The van der Waals surface area contributed by atoms with Crippen LogP contribution in [0.2, 0.25) is 0 Å². The van der Waals surface area contributed by atoms with E-state index in [1.165, 1.54) is 106 Å². The molecule has 0 amide bonds. The Balaban J connectivity index is 0.000000163. The average molecular weight is 1970 g/mol. The van der Waals surface area contributed by atoms with Gasteiger partial charge in [-0.2, -0.15) is 0 Å². The molecule has 11 aromatic carbocycles. The SMILES string of the molecule is C=C1C=C(O)C=C(/C=C/c2ccc(O)c(O)c2)O1.CC(=O)C(C)(N)Cc1ccc(O)c(O)c1.CC(=O)C(N)Cc1cc(O)c(O)cc1O.COc1ccc(C2CC(=O)C3=C(C2)Nc2onc(C)c2C3c2ccc(O)c(O)c2)cc1OC.Cc1cc(-c2oc3cc(O)cc(O)c3c(=O)c2O)cc(O)c1O.Cc1cc(O)cc(/C=C/c2ccc(O)c(O)c2)c1.Cc1ccc(-c2oc3cc(O)cc(O)c3c(=O)c2O)c(O)c1. The number of carbonyl (C=O) groups excluding carboxylic acids is 3. The monoisotopic (exact) mass is 1970 g/mol. The molecule has 5 heterocycles. The Bertz CT molecular complexity index is 7580. The fraction of sp³-hybridized carbons (Fsp3) is 0.159. The number of aliphatic hydroxyl groups is 1. The molecule has 17 rings (SSSR count). The molecule has 0 bridgehead atoms. The maximum atomic E-state index is 13.6. The van der Waals surface area contributed by atoms with Crippen LogP contribution in [0.4, 0.5) is 5.88 Å². The normalized spacial score (nSPS) is 14.0. The molecule has 1 aliphatic carbocycles. The number of aromatic hydroxyl groups is 21. The molecule has 748 valence electrons. The second-order valence-electron chi connectivity index (χ2n) is 33.7. The van der Waals surface area contributed by atoms with Crippen LogP contribution in [-0.2, 0) is 32.0 Å². The van der Waals surface area contributed by atoms with Crippen molar-refractivity contribution in [2.24, 2.45) is 11.5 Å². The molecule has 4 atom stereocenters. The number of aryl methyl sites for hydroxylation is 4. The quantitative estimate of drug-likeness (QED) is 0.0243. The number of phenols is 19. The molecule has 2 aliphatic heterocycles. The predicted octanol–water partition coefficient (Wildman–Crippen LogP) is 16.7. The van der Waals surface area contributed by atoms with E-state index in [1.54, 1.807) is 88.8 Å². The third-order valence-corrected chi connectivity index (χ3v) is 22.7.